The van der Waals surface area contributed by atoms with Crippen molar-refractivity contribution >= 4 is 22.5 Å². The van der Waals surface area contributed by atoms with Crippen LogP contribution in [0.25, 0.3) is 10.9 Å². The second-order valence-electron chi connectivity index (χ2n) is 4.09. The Bertz CT molecular complexity index is 702. The highest BCUT2D eigenvalue weighted by molar-refractivity contribution is 6.00. The molecule has 2 aromatic heterocycles. The predicted molar refractivity (Wildman–Crippen MR) is 70.6 cm³/mol. The van der Waals surface area contributed by atoms with E-state index in [9.17, 15) is 4.79 Å². The fraction of sp³-hybridized carbons (Fsp3) is 0.0714. The molecule has 5 heteroatoms. The number of amides is 1. The van der Waals surface area contributed by atoms with E-state index in [1.807, 2.05) is 30.3 Å². The number of anilines is 1. The van der Waals surface area contributed by atoms with Gasteiger partial charge in [-0.2, -0.15) is 0 Å². The minimum absolute atomic E-state index is 0.146. The van der Waals surface area contributed by atoms with E-state index in [4.69, 9.17) is 4.42 Å². The SMILES string of the molecule is O=C(Cc1cocn1)Nc1cccc2cccnc12. The number of oxazole rings is 1. The minimum Gasteiger partial charge on any atom is -0.451 e. The third kappa shape index (κ3) is 2.44. The Morgan fingerprint density at radius 1 is 1.21 bits per heavy atom. The lowest BCUT2D eigenvalue weighted by atomic mass is 10.2. The third-order valence-corrected chi connectivity index (χ3v) is 2.73. The van der Waals surface area contributed by atoms with E-state index < -0.39 is 0 Å². The van der Waals surface area contributed by atoms with Crippen LogP contribution in [0.5, 0.6) is 0 Å². The number of fused-ring (bicyclic) bond motifs is 1. The summed E-state index contributed by atoms with van der Waals surface area (Å²) < 4.78 is 4.83. The number of hydrogen-bond acceptors (Lipinski definition) is 4. The summed E-state index contributed by atoms with van der Waals surface area (Å²) in [5, 5.41) is 3.83. The van der Waals surface area contributed by atoms with Crippen molar-refractivity contribution in [2.45, 2.75) is 6.42 Å². The lowest BCUT2D eigenvalue weighted by Crippen LogP contribution is -2.14. The van der Waals surface area contributed by atoms with Gasteiger partial charge in [-0.1, -0.05) is 18.2 Å². The summed E-state index contributed by atoms with van der Waals surface area (Å²) >= 11 is 0. The Hall–Kier alpha value is -2.69. The standard InChI is InChI=1S/C14H11N3O2/c18-13(7-11-8-19-9-16-11)17-12-5-1-3-10-4-2-6-15-14(10)12/h1-6,8-9H,7H2,(H,17,18). The van der Waals surface area contributed by atoms with Gasteiger partial charge in [0.2, 0.25) is 5.91 Å². The molecule has 0 aliphatic rings. The van der Waals surface area contributed by atoms with Crippen molar-refractivity contribution < 1.29 is 9.21 Å². The van der Waals surface area contributed by atoms with Gasteiger partial charge in [0.25, 0.3) is 0 Å². The molecule has 0 aliphatic heterocycles. The van der Waals surface area contributed by atoms with Crippen molar-refractivity contribution in [1.29, 1.82) is 0 Å². The van der Waals surface area contributed by atoms with Crippen LogP contribution in [0, 0.1) is 0 Å². The molecule has 3 aromatic rings. The lowest BCUT2D eigenvalue weighted by Gasteiger charge is -2.06. The topological polar surface area (TPSA) is 68.0 Å². The van der Waals surface area contributed by atoms with Crippen LogP contribution in [0.2, 0.25) is 0 Å². The van der Waals surface area contributed by atoms with Crippen LogP contribution in [-0.4, -0.2) is 15.9 Å². The zero-order valence-electron chi connectivity index (χ0n) is 10.0. The second kappa shape index (κ2) is 4.89. The molecule has 0 fully saturated rings. The number of hydrogen-bond donors (Lipinski definition) is 1. The summed E-state index contributed by atoms with van der Waals surface area (Å²) in [5.41, 5.74) is 2.08. The molecule has 94 valence electrons. The van der Waals surface area contributed by atoms with Crippen LogP contribution in [0.1, 0.15) is 5.69 Å². The van der Waals surface area contributed by atoms with Crippen molar-refractivity contribution in [2.24, 2.45) is 0 Å². The molecule has 0 aliphatic carbocycles. The smallest absolute Gasteiger partial charge is 0.230 e. The number of benzene rings is 1. The van der Waals surface area contributed by atoms with Gasteiger partial charge in [0.1, 0.15) is 6.26 Å². The number of carbonyl (C=O) groups excluding carboxylic acids is 1. The van der Waals surface area contributed by atoms with Gasteiger partial charge in [-0.25, -0.2) is 4.98 Å². The first kappa shape index (κ1) is 11.4. The van der Waals surface area contributed by atoms with Gasteiger partial charge in [-0.3, -0.25) is 9.78 Å². The molecule has 0 saturated carbocycles. The molecule has 0 spiro atoms. The highest BCUT2D eigenvalue weighted by atomic mass is 16.3. The first-order valence-corrected chi connectivity index (χ1v) is 5.83. The first-order valence-electron chi connectivity index (χ1n) is 5.83. The van der Waals surface area contributed by atoms with Crippen LogP contribution in [-0.2, 0) is 11.2 Å². The largest absolute Gasteiger partial charge is 0.451 e. The Balaban J connectivity index is 1.83. The summed E-state index contributed by atoms with van der Waals surface area (Å²) in [7, 11) is 0. The van der Waals surface area contributed by atoms with E-state index in [1.165, 1.54) is 12.7 Å². The summed E-state index contributed by atoms with van der Waals surface area (Å²) in [6, 6.07) is 9.49. The van der Waals surface area contributed by atoms with Gasteiger partial charge in [-0.05, 0) is 12.1 Å². The maximum absolute atomic E-state index is 11.9. The Morgan fingerprint density at radius 2 is 2.11 bits per heavy atom. The second-order valence-corrected chi connectivity index (χ2v) is 4.09. The average molecular weight is 253 g/mol. The van der Waals surface area contributed by atoms with Crippen LogP contribution in [0.3, 0.4) is 0 Å². The Kier molecular flexibility index (Phi) is 2.94. The molecule has 1 amide bonds. The van der Waals surface area contributed by atoms with E-state index in [-0.39, 0.29) is 12.3 Å². The molecule has 0 atom stereocenters. The van der Waals surface area contributed by atoms with Gasteiger partial charge in [0.15, 0.2) is 6.39 Å². The van der Waals surface area contributed by atoms with E-state index in [0.717, 1.165) is 10.9 Å². The molecule has 1 N–H and O–H groups in total. The molecule has 1 aromatic carbocycles. The maximum Gasteiger partial charge on any atom is 0.230 e. The predicted octanol–water partition coefficient (Wildman–Crippen LogP) is 2.40. The number of rotatable bonds is 3. The normalized spacial score (nSPS) is 10.5. The molecule has 0 saturated heterocycles. The average Bonchev–Trinajstić information content (AvgIpc) is 2.92. The number of carbonyl (C=O) groups is 1. The van der Waals surface area contributed by atoms with Gasteiger partial charge in [0, 0.05) is 11.6 Å². The van der Waals surface area contributed by atoms with Gasteiger partial charge >= 0.3 is 0 Å². The van der Waals surface area contributed by atoms with Gasteiger partial charge in [0.05, 0.1) is 23.3 Å². The van der Waals surface area contributed by atoms with E-state index in [2.05, 4.69) is 15.3 Å². The zero-order chi connectivity index (χ0) is 13.1. The van der Waals surface area contributed by atoms with Crippen molar-refractivity contribution in [2.75, 3.05) is 5.32 Å². The van der Waals surface area contributed by atoms with Gasteiger partial charge < -0.3 is 9.73 Å². The Morgan fingerprint density at radius 3 is 2.95 bits per heavy atom. The lowest BCUT2D eigenvalue weighted by molar-refractivity contribution is -0.115. The quantitative estimate of drug-likeness (QED) is 0.778. The fourth-order valence-corrected chi connectivity index (χ4v) is 1.89. The number of aromatic nitrogens is 2. The van der Waals surface area contributed by atoms with E-state index in [1.54, 1.807) is 6.20 Å². The summed E-state index contributed by atoms with van der Waals surface area (Å²) in [4.78, 5) is 20.1. The Labute approximate surface area is 109 Å². The monoisotopic (exact) mass is 253 g/mol. The molecule has 5 nitrogen and oxygen atoms in total. The van der Waals surface area contributed by atoms with Crippen molar-refractivity contribution in [3.05, 3.63) is 54.9 Å². The molecule has 2 heterocycles. The number of nitrogens with one attached hydrogen (secondary N) is 1. The first-order chi connectivity index (χ1) is 9.33. The third-order valence-electron chi connectivity index (χ3n) is 2.73. The number of nitrogens with zero attached hydrogens (tertiary/aromatic N) is 2. The highest BCUT2D eigenvalue weighted by Gasteiger charge is 2.08. The molecule has 0 bridgehead atoms. The molecule has 0 unspecified atom stereocenters. The van der Waals surface area contributed by atoms with Crippen molar-refractivity contribution in [3.63, 3.8) is 0 Å². The van der Waals surface area contributed by atoms with Crippen LogP contribution in [0.15, 0.2) is 53.6 Å². The summed E-state index contributed by atoms with van der Waals surface area (Å²) in [5.74, 6) is -0.146. The minimum atomic E-state index is -0.146. The van der Waals surface area contributed by atoms with Crippen molar-refractivity contribution in [1.82, 2.24) is 9.97 Å². The van der Waals surface area contributed by atoms with E-state index in [0.29, 0.717) is 11.4 Å². The molecule has 0 radical (unpaired) electrons. The molecule has 19 heavy (non-hydrogen) atoms. The fourth-order valence-electron chi connectivity index (χ4n) is 1.89. The van der Waals surface area contributed by atoms with E-state index >= 15 is 0 Å². The highest BCUT2D eigenvalue weighted by Crippen LogP contribution is 2.20. The molecular formula is C14H11N3O2. The maximum atomic E-state index is 11.9. The number of pyridine rings is 1. The van der Waals surface area contributed by atoms with Crippen LogP contribution < -0.4 is 5.32 Å². The molecular weight excluding hydrogens is 242 g/mol. The van der Waals surface area contributed by atoms with Crippen molar-refractivity contribution in [3.8, 4) is 0 Å². The number of para-hydroxylation sites is 1. The van der Waals surface area contributed by atoms with Crippen LogP contribution in [0.4, 0.5) is 5.69 Å². The summed E-state index contributed by atoms with van der Waals surface area (Å²) in [6.07, 6.45) is 4.65. The summed E-state index contributed by atoms with van der Waals surface area (Å²) in [6.45, 7) is 0. The zero-order valence-corrected chi connectivity index (χ0v) is 10.0. The molecule has 3 rings (SSSR count). The van der Waals surface area contributed by atoms with Crippen LogP contribution >= 0.6 is 0 Å². The van der Waals surface area contributed by atoms with Gasteiger partial charge in [-0.15, -0.1) is 0 Å².